The van der Waals surface area contributed by atoms with E-state index in [1.54, 1.807) is 25.3 Å². The molecule has 0 spiro atoms. The quantitative estimate of drug-likeness (QED) is 0.512. The van der Waals surface area contributed by atoms with Gasteiger partial charge in [-0.25, -0.2) is 4.39 Å². The summed E-state index contributed by atoms with van der Waals surface area (Å²) in [4.78, 5) is 13.2. The van der Waals surface area contributed by atoms with Gasteiger partial charge in [0, 0.05) is 24.2 Å². The zero-order valence-electron chi connectivity index (χ0n) is 15.9. The van der Waals surface area contributed by atoms with Crippen molar-refractivity contribution < 1.29 is 18.7 Å². The highest BCUT2D eigenvalue weighted by atomic mass is 19.1. The number of ether oxygens (including phenoxy) is 2. The second kappa shape index (κ2) is 9.15. The summed E-state index contributed by atoms with van der Waals surface area (Å²) in [5, 5.41) is 0. The monoisotopic (exact) mass is 379 g/mol. The number of benzene rings is 3. The van der Waals surface area contributed by atoms with Crippen molar-refractivity contribution in [1.29, 1.82) is 0 Å². The van der Waals surface area contributed by atoms with Crippen LogP contribution in [0, 0.1) is 5.82 Å². The van der Waals surface area contributed by atoms with E-state index in [1.807, 2.05) is 43.4 Å². The van der Waals surface area contributed by atoms with Gasteiger partial charge in [-0.15, -0.1) is 0 Å². The van der Waals surface area contributed by atoms with E-state index in [0.717, 1.165) is 29.7 Å². The zero-order chi connectivity index (χ0) is 19.9. The van der Waals surface area contributed by atoms with Gasteiger partial charge in [0.2, 0.25) is 0 Å². The first-order chi connectivity index (χ1) is 13.6. The van der Waals surface area contributed by atoms with Crippen LogP contribution in [0.15, 0.2) is 66.7 Å². The van der Waals surface area contributed by atoms with E-state index in [9.17, 15) is 9.18 Å². The van der Waals surface area contributed by atoms with Gasteiger partial charge in [0.1, 0.15) is 29.4 Å². The van der Waals surface area contributed by atoms with Crippen molar-refractivity contribution in [1.82, 2.24) is 4.90 Å². The molecule has 0 unspecified atom stereocenters. The summed E-state index contributed by atoms with van der Waals surface area (Å²) in [6.45, 7) is 1.38. The number of hydrogen-bond acceptors (Lipinski definition) is 4. The summed E-state index contributed by atoms with van der Waals surface area (Å²) < 4.78 is 24.1. The van der Waals surface area contributed by atoms with Crippen molar-refractivity contribution >= 4 is 6.29 Å². The van der Waals surface area contributed by atoms with E-state index in [0.29, 0.717) is 23.6 Å². The minimum atomic E-state index is -0.291. The Morgan fingerprint density at radius 3 is 2.18 bits per heavy atom. The van der Waals surface area contributed by atoms with Crippen LogP contribution in [0.25, 0.3) is 0 Å². The maximum atomic E-state index is 13.0. The maximum absolute atomic E-state index is 13.0. The van der Waals surface area contributed by atoms with Crippen LogP contribution in [0.3, 0.4) is 0 Å². The lowest BCUT2D eigenvalue weighted by Gasteiger charge is -2.19. The molecule has 28 heavy (non-hydrogen) atoms. The Bertz CT molecular complexity index is 924. The van der Waals surface area contributed by atoms with E-state index in [-0.39, 0.29) is 5.82 Å². The summed E-state index contributed by atoms with van der Waals surface area (Å²) in [6.07, 6.45) is 0.836. The van der Waals surface area contributed by atoms with E-state index < -0.39 is 0 Å². The lowest BCUT2D eigenvalue weighted by molar-refractivity contribution is 0.112. The molecule has 4 nitrogen and oxygen atoms in total. The smallest absolute Gasteiger partial charge is 0.150 e. The number of halogens is 1. The number of carbonyl (C=O) groups excluding carboxylic acids is 1. The molecule has 144 valence electrons. The fourth-order valence-corrected chi connectivity index (χ4v) is 2.96. The lowest BCUT2D eigenvalue weighted by Crippen LogP contribution is -2.17. The zero-order valence-corrected chi connectivity index (χ0v) is 15.9. The van der Waals surface area contributed by atoms with Crippen molar-refractivity contribution in [2.75, 3.05) is 14.2 Å². The molecule has 0 atom stereocenters. The van der Waals surface area contributed by atoms with Gasteiger partial charge in [0.05, 0.1) is 7.11 Å². The van der Waals surface area contributed by atoms with Crippen molar-refractivity contribution in [2.24, 2.45) is 0 Å². The van der Waals surface area contributed by atoms with Crippen LogP contribution in [0.4, 0.5) is 4.39 Å². The Labute approximate surface area is 164 Å². The van der Waals surface area contributed by atoms with Gasteiger partial charge in [-0.3, -0.25) is 9.69 Å². The highest BCUT2D eigenvalue weighted by Crippen LogP contribution is 2.24. The predicted molar refractivity (Wildman–Crippen MR) is 106 cm³/mol. The largest absolute Gasteiger partial charge is 0.496 e. The second-order valence-corrected chi connectivity index (χ2v) is 6.56. The number of aldehydes is 1. The molecule has 0 aliphatic rings. The Hall–Kier alpha value is -3.18. The number of nitrogens with zero attached hydrogens (tertiary/aromatic N) is 1. The molecule has 0 fully saturated rings. The summed E-state index contributed by atoms with van der Waals surface area (Å²) in [6, 6.07) is 19.1. The molecule has 0 aromatic heterocycles. The molecule has 0 saturated carbocycles. The average Bonchev–Trinajstić information content (AvgIpc) is 2.71. The predicted octanol–water partition coefficient (Wildman–Crippen LogP) is 5.07. The van der Waals surface area contributed by atoms with Crippen LogP contribution in [0.2, 0.25) is 0 Å². The first-order valence-corrected chi connectivity index (χ1v) is 8.90. The first kappa shape index (κ1) is 19.6. The molecule has 0 aliphatic heterocycles. The average molecular weight is 379 g/mol. The number of methoxy groups -OCH3 is 1. The van der Waals surface area contributed by atoms with Crippen LogP contribution < -0.4 is 9.47 Å². The van der Waals surface area contributed by atoms with Crippen LogP contribution in [-0.4, -0.2) is 25.3 Å². The normalized spacial score (nSPS) is 10.7. The van der Waals surface area contributed by atoms with E-state index in [4.69, 9.17) is 9.47 Å². The van der Waals surface area contributed by atoms with E-state index in [2.05, 4.69) is 4.90 Å². The lowest BCUT2D eigenvalue weighted by atomic mass is 10.1. The van der Waals surface area contributed by atoms with Gasteiger partial charge in [-0.1, -0.05) is 12.1 Å². The maximum Gasteiger partial charge on any atom is 0.150 e. The fraction of sp³-hybridized carbons (Fsp3) is 0.174. The number of rotatable bonds is 8. The Morgan fingerprint density at radius 1 is 0.929 bits per heavy atom. The first-order valence-electron chi connectivity index (χ1n) is 8.90. The van der Waals surface area contributed by atoms with Crippen molar-refractivity contribution in [3.63, 3.8) is 0 Å². The molecule has 3 aromatic carbocycles. The molecule has 0 amide bonds. The standard InChI is InChI=1S/C23H22FNO3/c1-25(15-19-13-18(16-26)5-12-23(19)27-2)14-17-3-8-21(9-4-17)28-22-10-6-20(24)7-11-22/h3-13,16H,14-15H2,1-2H3. The summed E-state index contributed by atoms with van der Waals surface area (Å²) in [5.74, 6) is 1.76. The molecular formula is C23H22FNO3. The third-order valence-corrected chi connectivity index (χ3v) is 4.31. The molecular weight excluding hydrogens is 357 g/mol. The fourth-order valence-electron chi connectivity index (χ4n) is 2.96. The Morgan fingerprint density at radius 2 is 1.57 bits per heavy atom. The van der Waals surface area contributed by atoms with Gasteiger partial charge in [-0.05, 0) is 67.2 Å². The van der Waals surface area contributed by atoms with Crippen LogP contribution in [0.1, 0.15) is 21.5 Å². The SMILES string of the molecule is COc1ccc(C=O)cc1CN(C)Cc1ccc(Oc2ccc(F)cc2)cc1. The molecule has 0 N–H and O–H groups in total. The van der Waals surface area contributed by atoms with Crippen molar-refractivity contribution in [3.05, 3.63) is 89.2 Å². The Balaban J connectivity index is 1.62. The van der Waals surface area contributed by atoms with Gasteiger partial charge in [0.25, 0.3) is 0 Å². The molecule has 0 heterocycles. The highest BCUT2D eigenvalue weighted by Gasteiger charge is 2.09. The summed E-state index contributed by atoms with van der Waals surface area (Å²) >= 11 is 0. The van der Waals surface area contributed by atoms with Gasteiger partial charge in [0.15, 0.2) is 0 Å². The summed E-state index contributed by atoms with van der Waals surface area (Å²) in [5.41, 5.74) is 2.72. The van der Waals surface area contributed by atoms with Gasteiger partial charge < -0.3 is 9.47 Å². The minimum absolute atomic E-state index is 0.291. The molecule has 0 aliphatic carbocycles. The van der Waals surface area contributed by atoms with Crippen LogP contribution in [-0.2, 0) is 13.1 Å². The van der Waals surface area contributed by atoms with Crippen LogP contribution >= 0.6 is 0 Å². The topological polar surface area (TPSA) is 38.8 Å². The second-order valence-electron chi connectivity index (χ2n) is 6.56. The van der Waals surface area contributed by atoms with E-state index >= 15 is 0 Å². The van der Waals surface area contributed by atoms with Crippen molar-refractivity contribution in [3.8, 4) is 17.2 Å². The summed E-state index contributed by atoms with van der Waals surface area (Å²) in [7, 11) is 3.63. The number of carbonyl (C=O) groups is 1. The van der Waals surface area contributed by atoms with Gasteiger partial charge in [-0.2, -0.15) is 0 Å². The third kappa shape index (κ3) is 5.18. The van der Waals surface area contributed by atoms with E-state index in [1.165, 1.54) is 12.1 Å². The highest BCUT2D eigenvalue weighted by molar-refractivity contribution is 5.75. The molecule has 0 bridgehead atoms. The van der Waals surface area contributed by atoms with Crippen molar-refractivity contribution in [2.45, 2.75) is 13.1 Å². The minimum Gasteiger partial charge on any atom is -0.496 e. The van der Waals surface area contributed by atoms with Crippen LogP contribution in [0.5, 0.6) is 17.2 Å². The molecule has 0 saturated heterocycles. The molecule has 3 rings (SSSR count). The molecule has 3 aromatic rings. The molecule has 5 heteroatoms. The van der Waals surface area contributed by atoms with Gasteiger partial charge >= 0.3 is 0 Å². The molecule has 0 radical (unpaired) electrons. The number of hydrogen-bond donors (Lipinski definition) is 0. The third-order valence-electron chi connectivity index (χ3n) is 4.31. The Kier molecular flexibility index (Phi) is 6.40.